The molecule has 0 spiro atoms. The molecule has 0 aromatic carbocycles. The van der Waals surface area contributed by atoms with Crippen LogP contribution in [0.3, 0.4) is 0 Å². The zero-order valence-corrected chi connectivity index (χ0v) is 12.1. The average Bonchev–Trinajstić information content (AvgIpc) is 2.58. The molecule has 1 saturated heterocycles. The number of rotatable bonds is 3. The molecule has 0 amide bonds. The minimum absolute atomic E-state index is 0.118. The maximum Gasteiger partial charge on any atom is 0.0645 e. The lowest BCUT2D eigenvalue weighted by Crippen LogP contribution is -2.56. The summed E-state index contributed by atoms with van der Waals surface area (Å²) < 4.78 is 5.59. The summed E-state index contributed by atoms with van der Waals surface area (Å²) >= 11 is 0. The topological polar surface area (TPSA) is 32.7 Å². The van der Waals surface area contributed by atoms with Crippen molar-refractivity contribution in [2.75, 3.05) is 32.9 Å². The number of aliphatic hydroxyl groups excluding tert-OH is 1. The fourth-order valence-corrected chi connectivity index (χ4v) is 3.43. The van der Waals surface area contributed by atoms with Crippen LogP contribution >= 0.6 is 0 Å². The molecule has 2 rings (SSSR count). The van der Waals surface area contributed by atoms with Crippen LogP contribution in [-0.4, -0.2) is 48.5 Å². The van der Waals surface area contributed by atoms with E-state index in [1.807, 2.05) is 0 Å². The summed E-state index contributed by atoms with van der Waals surface area (Å²) in [6, 6.07) is 0. The first-order chi connectivity index (χ1) is 8.58. The monoisotopic (exact) mass is 255 g/mol. The van der Waals surface area contributed by atoms with Gasteiger partial charge in [-0.3, -0.25) is 4.90 Å². The Kier molecular flexibility index (Phi) is 4.68. The average molecular weight is 255 g/mol. The van der Waals surface area contributed by atoms with E-state index in [1.165, 1.54) is 38.5 Å². The number of hydrogen-bond acceptors (Lipinski definition) is 3. The van der Waals surface area contributed by atoms with E-state index in [-0.39, 0.29) is 11.0 Å². The van der Waals surface area contributed by atoms with E-state index in [9.17, 15) is 5.11 Å². The molecule has 3 heteroatoms. The van der Waals surface area contributed by atoms with Gasteiger partial charge in [-0.2, -0.15) is 0 Å². The van der Waals surface area contributed by atoms with Gasteiger partial charge in [0.2, 0.25) is 0 Å². The van der Waals surface area contributed by atoms with Crippen LogP contribution in [0.25, 0.3) is 0 Å². The first-order valence-electron chi connectivity index (χ1n) is 7.52. The maximum absolute atomic E-state index is 9.91. The van der Waals surface area contributed by atoms with Crippen molar-refractivity contribution in [2.45, 2.75) is 57.9 Å². The van der Waals surface area contributed by atoms with Crippen LogP contribution in [0.2, 0.25) is 0 Å². The number of hydrogen-bond donors (Lipinski definition) is 1. The van der Waals surface area contributed by atoms with Crippen molar-refractivity contribution < 1.29 is 9.84 Å². The second-order valence-corrected chi connectivity index (χ2v) is 6.86. The third-order valence-corrected chi connectivity index (χ3v) is 4.84. The minimum atomic E-state index is 0.118. The molecule has 0 aromatic heterocycles. The Labute approximate surface area is 112 Å². The van der Waals surface area contributed by atoms with Crippen LogP contribution in [-0.2, 0) is 4.74 Å². The van der Waals surface area contributed by atoms with Crippen LogP contribution in [0.5, 0.6) is 0 Å². The Morgan fingerprint density at radius 3 is 2.33 bits per heavy atom. The van der Waals surface area contributed by atoms with Gasteiger partial charge in [0.25, 0.3) is 0 Å². The number of morpholine rings is 1. The molecule has 106 valence electrons. The van der Waals surface area contributed by atoms with Crippen molar-refractivity contribution in [1.29, 1.82) is 0 Å². The van der Waals surface area contributed by atoms with Gasteiger partial charge in [-0.05, 0) is 26.7 Å². The predicted octanol–water partition coefficient (Wildman–Crippen LogP) is 2.43. The van der Waals surface area contributed by atoms with E-state index in [4.69, 9.17) is 4.74 Å². The molecule has 3 nitrogen and oxygen atoms in total. The van der Waals surface area contributed by atoms with Crippen molar-refractivity contribution in [1.82, 2.24) is 4.90 Å². The molecular weight excluding hydrogens is 226 g/mol. The van der Waals surface area contributed by atoms with Crippen molar-refractivity contribution in [3.8, 4) is 0 Å². The van der Waals surface area contributed by atoms with E-state index in [2.05, 4.69) is 18.7 Å². The summed E-state index contributed by atoms with van der Waals surface area (Å²) in [6.07, 6.45) is 7.63. The van der Waals surface area contributed by atoms with E-state index in [0.29, 0.717) is 6.61 Å². The zero-order valence-electron chi connectivity index (χ0n) is 12.1. The number of nitrogens with zero attached hydrogens (tertiary/aromatic N) is 1. The van der Waals surface area contributed by atoms with Crippen molar-refractivity contribution >= 4 is 0 Å². The molecule has 2 fully saturated rings. The maximum atomic E-state index is 9.91. The first-order valence-corrected chi connectivity index (χ1v) is 7.52. The van der Waals surface area contributed by atoms with E-state index in [0.717, 1.165) is 26.3 Å². The Bertz CT molecular complexity index is 257. The van der Waals surface area contributed by atoms with Gasteiger partial charge in [0.1, 0.15) is 0 Å². The second kappa shape index (κ2) is 5.89. The van der Waals surface area contributed by atoms with E-state index < -0.39 is 0 Å². The van der Waals surface area contributed by atoms with Gasteiger partial charge in [0.15, 0.2) is 0 Å². The normalized spacial score (nSPS) is 28.8. The van der Waals surface area contributed by atoms with Crippen LogP contribution in [0.4, 0.5) is 0 Å². The SMILES string of the molecule is CC1(C)COCCN1CC1(CO)CCCCCC1. The smallest absolute Gasteiger partial charge is 0.0645 e. The highest BCUT2D eigenvalue weighted by molar-refractivity contribution is 4.91. The highest BCUT2D eigenvalue weighted by Gasteiger charge is 2.38. The zero-order chi connectivity index (χ0) is 13.1. The Hall–Kier alpha value is -0.120. The molecule has 18 heavy (non-hydrogen) atoms. The number of aliphatic hydroxyl groups is 1. The lowest BCUT2D eigenvalue weighted by atomic mass is 9.79. The molecular formula is C15H29NO2. The molecule has 0 bridgehead atoms. The highest BCUT2D eigenvalue weighted by Crippen LogP contribution is 2.37. The van der Waals surface area contributed by atoms with Gasteiger partial charge in [-0.25, -0.2) is 0 Å². The number of ether oxygens (including phenoxy) is 1. The summed E-state index contributed by atoms with van der Waals surface area (Å²) in [5.74, 6) is 0. The Morgan fingerprint density at radius 1 is 1.11 bits per heavy atom. The van der Waals surface area contributed by atoms with Gasteiger partial charge >= 0.3 is 0 Å². The summed E-state index contributed by atoms with van der Waals surface area (Å²) in [7, 11) is 0. The molecule has 1 aliphatic carbocycles. The van der Waals surface area contributed by atoms with Gasteiger partial charge < -0.3 is 9.84 Å². The molecule has 1 N–H and O–H groups in total. The fraction of sp³-hybridized carbons (Fsp3) is 1.00. The molecule has 0 radical (unpaired) electrons. The van der Waals surface area contributed by atoms with Crippen molar-refractivity contribution in [3.63, 3.8) is 0 Å². The first kappa shape index (κ1) is 14.3. The van der Waals surface area contributed by atoms with Crippen LogP contribution in [0, 0.1) is 5.41 Å². The third-order valence-electron chi connectivity index (χ3n) is 4.84. The van der Waals surface area contributed by atoms with Gasteiger partial charge in [0, 0.05) is 30.7 Å². The summed E-state index contributed by atoms with van der Waals surface area (Å²) in [5.41, 5.74) is 0.262. The minimum Gasteiger partial charge on any atom is -0.396 e. The lowest BCUT2D eigenvalue weighted by molar-refractivity contribution is -0.0774. The standard InChI is InChI=1S/C15H29NO2/c1-14(2)13-18-10-9-16(14)11-15(12-17)7-5-3-4-6-8-15/h17H,3-13H2,1-2H3. The lowest BCUT2D eigenvalue weighted by Gasteiger charge is -2.47. The largest absolute Gasteiger partial charge is 0.396 e. The van der Waals surface area contributed by atoms with E-state index in [1.54, 1.807) is 0 Å². The van der Waals surface area contributed by atoms with Crippen LogP contribution in [0.1, 0.15) is 52.4 Å². The third kappa shape index (κ3) is 3.25. The summed E-state index contributed by atoms with van der Waals surface area (Å²) in [4.78, 5) is 2.54. The van der Waals surface area contributed by atoms with Gasteiger partial charge in [-0.15, -0.1) is 0 Å². The molecule has 1 saturated carbocycles. The summed E-state index contributed by atoms with van der Waals surface area (Å²) in [5, 5.41) is 9.91. The molecule has 0 atom stereocenters. The van der Waals surface area contributed by atoms with Crippen molar-refractivity contribution in [3.05, 3.63) is 0 Å². The fourth-order valence-electron chi connectivity index (χ4n) is 3.43. The predicted molar refractivity (Wildman–Crippen MR) is 73.7 cm³/mol. The van der Waals surface area contributed by atoms with Gasteiger partial charge in [0.05, 0.1) is 13.2 Å². The van der Waals surface area contributed by atoms with Crippen molar-refractivity contribution in [2.24, 2.45) is 5.41 Å². The Balaban J connectivity index is 2.03. The molecule has 0 unspecified atom stereocenters. The van der Waals surface area contributed by atoms with Crippen LogP contribution < -0.4 is 0 Å². The molecule has 1 aliphatic heterocycles. The Morgan fingerprint density at radius 2 is 1.78 bits per heavy atom. The quantitative estimate of drug-likeness (QED) is 0.786. The molecule has 0 aromatic rings. The van der Waals surface area contributed by atoms with E-state index >= 15 is 0 Å². The summed E-state index contributed by atoms with van der Waals surface area (Å²) in [6.45, 7) is 8.57. The second-order valence-electron chi connectivity index (χ2n) is 6.86. The van der Waals surface area contributed by atoms with Crippen LogP contribution in [0.15, 0.2) is 0 Å². The molecule has 1 heterocycles. The highest BCUT2D eigenvalue weighted by atomic mass is 16.5. The molecule has 2 aliphatic rings. The van der Waals surface area contributed by atoms with Gasteiger partial charge in [-0.1, -0.05) is 25.7 Å².